The molecule has 0 saturated heterocycles. The number of aromatic nitrogens is 1. The molecule has 1 fully saturated rings. The molecule has 1 unspecified atom stereocenters. The van der Waals surface area contributed by atoms with Crippen molar-refractivity contribution in [3.63, 3.8) is 0 Å². The number of nitrogens with one attached hydrogen (secondary N) is 1. The fourth-order valence-electron chi connectivity index (χ4n) is 3.68. The third kappa shape index (κ3) is 2.73. The molecule has 0 amide bonds. The zero-order chi connectivity index (χ0) is 13.0. The van der Waals surface area contributed by atoms with E-state index >= 15 is 0 Å². The Kier molecular flexibility index (Phi) is 4.36. The number of nitrogens with zero attached hydrogens (tertiary/aromatic N) is 1. The molecule has 1 atom stereocenters. The van der Waals surface area contributed by atoms with Crippen LogP contribution >= 0.6 is 0 Å². The largest absolute Gasteiger partial charge is 0.271 e. The van der Waals surface area contributed by atoms with Crippen LogP contribution in [0.3, 0.4) is 0 Å². The molecule has 0 aromatic carbocycles. The topological polar surface area (TPSA) is 50.9 Å². The lowest BCUT2D eigenvalue weighted by atomic mass is 9.71. The Morgan fingerprint density at radius 1 is 1.39 bits per heavy atom. The Hall–Kier alpha value is -0.930. The molecule has 0 spiro atoms. The lowest BCUT2D eigenvalue weighted by Crippen LogP contribution is -2.41. The smallest absolute Gasteiger partial charge is 0.0531 e. The van der Waals surface area contributed by atoms with Crippen molar-refractivity contribution >= 4 is 0 Å². The van der Waals surface area contributed by atoms with Crippen molar-refractivity contribution < 1.29 is 0 Å². The van der Waals surface area contributed by atoms with Crippen LogP contribution in [0.5, 0.6) is 0 Å². The van der Waals surface area contributed by atoms with Crippen LogP contribution in [-0.2, 0) is 0 Å². The van der Waals surface area contributed by atoms with Gasteiger partial charge in [-0.2, -0.15) is 0 Å². The summed E-state index contributed by atoms with van der Waals surface area (Å²) >= 11 is 0. The van der Waals surface area contributed by atoms with Gasteiger partial charge < -0.3 is 0 Å². The number of hydrogen-bond donors (Lipinski definition) is 2. The molecular formula is C15H25N3. The summed E-state index contributed by atoms with van der Waals surface area (Å²) in [5.74, 6) is 6.57. The summed E-state index contributed by atoms with van der Waals surface area (Å²) in [5.41, 5.74) is 4.60. The third-order valence-corrected chi connectivity index (χ3v) is 4.21. The Balaban J connectivity index is 2.28. The van der Waals surface area contributed by atoms with Gasteiger partial charge >= 0.3 is 0 Å². The second-order valence-corrected chi connectivity index (χ2v) is 6.05. The maximum atomic E-state index is 5.87. The maximum Gasteiger partial charge on any atom is 0.0531 e. The molecule has 0 radical (unpaired) electrons. The number of hydrogen-bond acceptors (Lipinski definition) is 3. The zero-order valence-electron chi connectivity index (χ0n) is 11.5. The summed E-state index contributed by atoms with van der Waals surface area (Å²) in [6, 6.07) is 4.37. The minimum Gasteiger partial charge on any atom is -0.271 e. The molecule has 1 saturated carbocycles. The van der Waals surface area contributed by atoms with Gasteiger partial charge in [0.05, 0.1) is 6.04 Å². The van der Waals surface area contributed by atoms with Crippen molar-refractivity contribution in [1.82, 2.24) is 10.4 Å². The van der Waals surface area contributed by atoms with E-state index in [1.807, 2.05) is 18.5 Å². The highest BCUT2D eigenvalue weighted by Crippen LogP contribution is 2.51. The zero-order valence-corrected chi connectivity index (χ0v) is 11.5. The second kappa shape index (κ2) is 5.81. The normalized spacial score (nSPS) is 20.2. The molecule has 2 rings (SSSR count). The number of nitrogens with two attached hydrogens (primary N) is 1. The summed E-state index contributed by atoms with van der Waals surface area (Å²) in [6.07, 6.45) is 10.2. The van der Waals surface area contributed by atoms with Gasteiger partial charge in [0.1, 0.15) is 0 Å². The van der Waals surface area contributed by atoms with E-state index in [-0.39, 0.29) is 6.04 Å². The average molecular weight is 247 g/mol. The maximum absolute atomic E-state index is 5.87. The predicted octanol–water partition coefficient (Wildman–Crippen LogP) is 3.19. The van der Waals surface area contributed by atoms with E-state index in [0.717, 1.165) is 0 Å². The van der Waals surface area contributed by atoms with Gasteiger partial charge in [0.2, 0.25) is 0 Å². The molecule has 1 aromatic rings. The van der Waals surface area contributed by atoms with Gasteiger partial charge in [-0.05, 0) is 42.2 Å². The fourth-order valence-corrected chi connectivity index (χ4v) is 3.68. The first-order valence-electron chi connectivity index (χ1n) is 7.04. The van der Waals surface area contributed by atoms with Gasteiger partial charge in [-0.15, -0.1) is 0 Å². The van der Waals surface area contributed by atoms with Crippen LogP contribution in [0, 0.1) is 11.3 Å². The van der Waals surface area contributed by atoms with Gasteiger partial charge in [0, 0.05) is 12.4 Å². The molecule has 0 aliphatic heterocycles. The molecular weight excluding hydrogens is 222 g/mol. The first-order chi connectivity index (χ1) is 8.68. The SMILES string of the molecule is CC(C)CC1(C(NN)c2cccnc2)CCCC1. The van der Waals surface area contributed by atoms with Gasteiger partial charge in [-0.3, -0.25) is 16.3 Å². The van der Waals surface area contributed by atoms with Crippen LogP contribution in [0.1, 0.15) is 57.6 Å². The summed E-state index contributed by atoms with van der Waals surface area (Å²) in [6.45, 7) is 4.60. The number of rotatable bonds is 5. The van der Waals surface area contributed by atoms with Gasteiger partial charge in [-0.1, -0.05) is 32.8 Å². The average Bonchev–Trinajstić information content (AvgIpc) is 2.79. The van der Waals surface area contributed by atoms with Crippen LogP contribution in [0.25, 0.3) is 0 Å². The summed E-state index contributed by atoms with van der Waals surface area (Å²) in [7, 11) is 0. The predicted molar refractivity (Wildman–Crippen MR) is 74.7 cm³/mol. The molecule has 0 bridgehead atoms. The highest BCUT2D eigenvalue weighted by molar-refractivity contribution is 5.18. The fraction of sp³-hybridized carbons (Fsp3) is 0.667. The molecule has 100 valence electrons. The van der Waals surface area contributed by atoms with E-state index in [4.69, 9.17) is 5.84 Å². The van der Waals surface area contributed by atoms with Crippen molar-refractivity contribution in [3.05, 3.63) is 30.1 Å². The Bertz CT molecular complexity index is 355. The first-order valence-corrected chi connectivity index (χ1v) is 7.04. The van der Waals surface area contributed by atoms with Crippen LogP contribution < -0.4 is 11.3 Å². The van der Waals surface area contributed by atoms with Crippen molar-refractivity contribution in [1.29, 1.82) is 0 Å². The lowest BCUT2D eigenvalue weighted by Gasteiger charge is -2.39. The Labute approximate surface area is 110 Å². The Morgan fingerprint density at radius 3 is 2.61 bits per heavy atom. The van der Waals surface area contributed by atoms with Crippen molar-refractivity contribution in [2.45, 2.75) is 52.0 Å². The molecule has 3 N–H and O–H groups in total. The number of hydrazine groups is 1. The van der Waals surface area contributed by atoms with Crippen molar-refractivity contribution in [3.8, 4) is 0 Å². The molecule has 3 heteroatoms. The van der Waals surface area contributed by atoms with E-state index in [9.17, 15) is 0 Å². The molecule has 1 aliphatic rings. The highest BCUT2D eigenvalue weighted by Gasteiger charge is 2.41. The Morgan fingerprint density at radius 2 is 2.11 bits per heavy atom. The van der Waals surface area contributed by atoms with Crippen LogP contribution in [0.15, 0.2) is 24.5 Å². The minimum atomic E-state index is 0.232. The van der Waals surface area contributed by atoms with Crippen LogP contribution in [0.2, 0.25) is 0 Å². The van der Waals surface area contributed by atoms with Crippen LogP contribution in [0.4, 0.5) is 0 Å². The van der Waals surface area contributed by atoms with Gasteiger partial charge in [0.15, 0.2) is 0 Å². The molecule has 1 aromatic heterocycles. The van der Waals surface area contributed by atoms with Crippen molar-refractivity contribution in [2.24, 2.45) is 17.2 Å². The van der Waals surface area contributed by atoms with Gasteiger partial charge in [0.25, 0.3) is 0 Å². The monoisotopic (exact) mass is 247 g/mol. The third-order valence-electron chi connectivity index (χ3n) is 4.21. The summed E-state index contributed by atoms with van der Waals surface area (Å²) in [5, 5.41) is 0. The van der Waals surface area contributed by atoms with E-state index in [2.05, 4.69) is 30.3 Å². The molecule has 18 heavy (non-hydrogen) atoms. The van der Waals surface area contributed by atoms with E-state index in [1.54, 1.807) is 0 Å². The second-order valence-electron chi connectivity index (χ2n) is 6.05. The van der Waals surface area contributed by atoms with E-state index < -0.39 is 0 Å². The quantitative estimate of drug-likeness (QED) is 0.620. The van der Waals surface area contributed by atoms with Crippen LogP contribution in [-0.4, -0.2) is 4.98 Å². The molecule has 1 aliphatic carbocycles. The lowest BCUT2D eigenvalue weighted by molar-refractivity contribution is 0.155. The van der Waals surface area contributed by atoms with Crippen molar-refractivity contribution in [2.75, 3.05) is 0 Å². The van der Waals surface area contributed by atoms with E-state index in [1.165, 1.54) is 37.7 Å². The van der Waals surface area contributed by atoms with E-state index in [0.29, 0.717) is 11.3 Å². The highest BCUT2D eigenvalue weighted by atomic mass is 15.2. The minimum absolute atomic E-state index is 0.232. The molecule has 1 heterocycles. The standard InChI is InChI=1S/C15H25N3/c1-12(2)10-15(7-3-4-8-15)14(18-16)13-6-5-9-17-11-13/h5-6,9,11-12,14,18H,3-4,7-8,10,16H2,1-2H3. The van der Waals surface area contributed by atoms with Gasteiger partial charge in [-0.25, -0.2) is 0 Å². The number of pyridine rings is 1. The first kappa shape index (κ1) is 13.5. The summed E-state index contributed by atoms with van der Waals surface area (Å²) in [4.78, 5) is 4.24. The molecule has 3 nitrogen and oxygen atoms in total. The summed E-state index contributed by atoms with van der Waals surface area (Å²) < 4.78 is 0.